The average Bonchev–Trinajstić information content (AvgIpc) is 3.09. The number of piperidine rings is 1. The smallest absolute Gasteiger partial charge is 0.269 e. The van der Waals surface area contributed by atoms with Crippen LogP contribution in [0.5, 0.6) is 0 Å². The standard InChI is InChI=1S/C17H18N4O2S/c1-12-5-8-21(16(23)13(12)9-18)11-14(22)15-10-19-17(24-15)20-6-3-2-4-7-20/h5,8,10H,2-4,6-7,11H2,1H3. The summed E-state index contributed by atoms with van der Waals surface area (Å²) >= 11 is 1.37. The number of hydrogen-bond acceptors (Lipinski definition) is 6. The second-order valence-electron chi connectivity index (χ2n) is 5.90. The third-order valence-electron chi connectivity index (χ3n) is 4.19. The molecule has 0 radical (unpaired) electrons. The van der Waals surface area contributed by atoms with Crippen molar-refractivity contribution in [3.05, 3.63) is 44.8 Å². The first kappa shape index (κ1) is 16.4. The zero-order valence-electron chi connectivity index (χ0n) is 13.5. The highest BCUT2D eigenvalue weighted by Crippen LogP contribution is 2.25. The fraction of sp³-hybridized carbons (Fsp3) is 0.412. The molecule has 24 heavy (non-hydrogen) atoms. The number of hydrogen-bond donors (Lipinski definition) is 0. The highest BCUT2D eigenvalue weighted by Gasteiger charge is 2.18. The largest absolute Gasteiger partial charge is 0.348 e. The summed E-state index contributed by atoms with van der Waals surface area (Å²) in [7, 11) is 0. The predicted octanol–water partition coefficient (Wildman–Crippen LogP) is 2.36. The minimum absolute atomic E-state index is 0.0740. The van der Waals surface area contributed by atoms with Gasteiger partial charge in [-0.05, 0) is 37.8 Å². The lowest BCUT2D eigenvalue weighted by molar-refractivity contribution is 0.0974. The van der Waals surface area contributed by atoms with Gasteiger partial charge < -0.3 is 9.47 Å². The van der Waals surface area contributed by atoms with Crippen LogP contribution in [0, 0.1) is 18.3 Å². The van der Waals surface area contributed by atoms with Crippen LogP contribution in [0.3, 0.4) is 0 Å². The average molecular weight is 342 g/mol. The van der Waals surface area contributed by atoms with Gasteiger partial charge in [-0.1, -0.05) is 11.3 Å². The van der Waals surface area contributed by atoms with E-state index in [4.69, 9.17) is 5.26 Å². The van der Waals surface area contributed by atoms with Gasteiger partial charge in [-0.2, -0.15) is 5.26 Å². The van der Waals surface area contributed by atoms with E-state index in [1.54, 1.807) is 25.4 Å². The molecule has 124 valence electrons. The second-order valence-corrected chi connectivity index (χ2v) is 6.91. The Morgan fingerprint density at radius 3 is 2.83 bits per heavy atom. The topological polar surface area (TPSA) is 79.0 Å². The maximum absolute atomic E-state index is 12.5. The minimum Gasteiger partial charge on any atom is -0.348 e. The van der Waals surface area contributed by atoms with Crippen molar-refractivity contribution in [1.29, 1.82) is 5.26 Å². The number of Topliss-reactive ketones (excluding diaryl/α,β-unsaturated/α-hetero) is 1. The molecule has 0 aromatic carbocycles. The maximum atomic E-state index is 12.5. The first-order valence-corrected chi connectivity index (χ1v) is 8.76. The van der Waals surface area contributed by atoms with Crippen molar-refractivity contribution < 1.29 is 4.79 Å². The number of nitriles is 1. The van der Waals surface area contributed by atoms with E-state index < -0.39 is 5.56 Å². The van der Waals surface area contributed by atoms with Gasteiger partial charge in [-0.15, -0.1) is 0 Å². The molecule has 6 nitrogen and oxygen atoms in total. The van der Waals surface area contributed by atoms with E-state index in [1.807, 2.05) is 6.07 Å². The van der Waals surface area contributed by atoms with Crippen LogP contribution in [-0.2, 0) is 6.54 Å². The van der Waals surface area contributed by atoms with Crippen LogP contribution in [0.25, 0.3) is 0 Å². The zero-order chi connectivity index (χ0) is 17.1. The predicted molar refractivity (Wildman–Crippen MR) is 92.7 cm³/mol. The van der Waals surface area contributed by atoms with Crippen molar-refractivity contribution in [2.24, 2.45) is 0 Å². The van der Waals surface area contributed by atoms with Crippen molar-refractivity contribution in [3.8, 4) is 6.07 Å². The van der Waals surface area contributed by atoms with Gasteiger partial charge in [0, 0.05) is 19.3 Å². The number of aryl methyl sites for hydroxylation is 1. The van der Waals surface area contributed by atoms with Crippen molar-refractivity contribution in [1.82, 2.24) is 9.55 Å². The van der Waals surface area contributed by atoms with E-state index in [1.165, 1.54) is 22.3 Å². The lowest BCUT2D eigenvalue weighted by atomic mass is 10.1. The molecule has 0 atom stereocenters. The summed E-state index contributed by atoms with van der Waals surface area (Å²) in [6.07, 6.45) is 6.69. The summed E-state index contributed by atoms with van der Waals surface area (Å²) in [5, 5.41) is 9.93. The van der Waals surface area contributed by atoms with Gasteiger partial charge >= 0.3 is 0 Å². The van der Waals surface area contributed by atoms with E-state index in [2.05, 4.69) is 9.88 Å². The van der Waals surface area contributed by atoms with Gasteiger partial charge in [-0.3, -0.25) is 9.59 Å². The van der Waals surface area contributed by atoms with Crippen molar-refractivity contribution >= 4 is 22.3 Å². The van der Waals surface area contributed by atoms with Crippen LogP contribution < -0.4 is 10.5 Å². The Hall–Kier alpha value is -2.46. The molecular weight excluding hydrogens is 324 g/mol. The molecule has 1 fully saturated rings. The van der Waals surface area contributed by atoms with Crippen molar-refractivity contribution in [2.45, 2.75) is 32.7 Å². The monoisotopic (exact) mass is 342 g/mol. The SMILES string of the molecule is Cc1ccn(CC(=O)c2cnc(N3CCCCC3)s2)c(=O)c1C#N. The molecule has 0 saturated carbocycles. The van der Waals surface area contributed by atoms with E-state index in [9.17, 15) is 9.59 Å². The van der Waals surface area contributed by atoms with Crippen LogP contribution >= 0.6 is 11.3 Å². The molecule has 7 heteroatoms. The summed E-state index contributed by atoms with van der Waals surface area (Å²) in [5.41, 5.74) is 0.284. The van der Waals surface area contributed by atoms with E-state index in [-0.39, 0.29) is 17.9 Å². The number of rotatable bonds is 4. The molecule has 0 bridgehead atoms. The van der Waals surface area contributed by atoms with Crippen molar-refractivity contribution in [2.75, 3.05) is 18.0 Å². The Kier molecular flexibility index (Phi) is 4.76. The number of pyridine rings is 1. The number of carbonyl (C=O) groups excluding carboxylic acids is 1. The summed E-state index contributed by atoms with van der Waals surface area (Å²) in [4.78, 5) is 31.8. The van der Waals surface area contributed by atoms with Crippen LogP contribution in [-0.4, -0.2) is 28.4 Å². The van der Waals surface area contributed by atoms with Crippen LogP contribution in [0.4, 0.5) is 5.13 Å². The second kappa shape index (κ2) is 6.97. The third kappa shape index (κ3) is 3.24. The third-order valence-corrected chi connectivity index (χ3v) is 5.29. The first-order valence-electron chi connectivity index (χ1n) is 7.94. The highest BCUT2D eigenvalue weighted by atomic mass is 32.1. The lowest BCUT2D eigenvalue weighted by Gasteiger charge is -2.25. The molecule has 1 saturated heterocycles. The molecule has 3 heterocycles. The Morgan fingerprint density at radius 2 is 2.12 bits per heavy atom. The molecular formula is C17H18N4O2S. The van der Waals surface area contributed by atoms with E-state index >= 15 is 0 Å². The fourth-order valence-electron chi connectivity index (χ4n) is 2.78. The number of anilines is 1. The molecule has 1 aliphatic heterocycles. The van der Waals surface area contributed by atoms with Gasteiger partial charge in [-0.25, -0.2) is 4.98 Å². The number of thiazole rings is 1. The highest BCUT2D eigenvalue weighted by molar-refractivity contribution is 7.17. The number of carbonyl (C=O) groups is 1. The molecule has 2 aromatic heterocycles. The summed E-state index contributed by atoms with van der Waals surface area (Å²) in [6.45, 7) is 3.59. The van der Waals surface area contributed by atoms with Crippen LogP contribution in [0.2, 0.25) is 0 Å². The van der Waals surface area contributed by atoms with Crippen molar-refractivity contribution in [3.63, 3.8) is 0 Å². The molecule has 0 amide bonds. The van der Waals surface area contributed by atoms with Gasteiger partial charge in [0.25, 0.3) is 5.56 Å². The normalized spacial score (nSPS) is 14.4. The van der Waals surface area contributed by atoms with Crippen LogP contribution in [0.15, 0.2) is 23.3 Å². The first-order chi connectivity index (χ1) is 11.6. The fourth-order valence-corrected chi connectivity index (χ4v) is 3.68. The summed E-state index contributed by atoms with van der Waals surface area (Å²) in [6, 6.07) is 3.58. The molecule has 0 aliphatic carbocycles. The van der Waals surface area contributed by atoms with E-state index in [0.717, 1.165) is 31.1 Å². The Morgan fingerprint density at radius 1 is 1.38 bits per heavy atom. The maximum Gasteiger partial charge on any atom is 0.269 e. The minimum atomic E-state index is -0.424. The van der Waals surface area contributed by atoms with Gasteiger partial charge in [0.2, 0.25) is 0 Å². The zero-order valence-corrected chi connectivity index (χ0v) is 14.3. The number of nitrogens with zero attached hydrogens (tertiary/aromatic N) is 4. The Balaban J connectivity index is 1.78. The molecule has 0 N–H and O–H groups in total. The van der Waals surface area contributed by atoms with E-state index in [0.29, 0.717) is 10.4 Å². The summed E-state index contributed by atoms with van der Waals surface area (Å²) < 4.78 is 1.29. The lowest BCUT2D eigenvalue weighted by Crippen LogP contribution is -2.29. The molecule has 0 spiro atoms. The molecule has 0 unspecified atom stereocenters. The van der Waals surface area contributed by atoms with Gasteiger partial charge in [0.1, 0.15) is 11.6 Å². The quantitative estimate of drug-likeness (QED) is 0.797. The van der Waals surface area contributed by atoms with Gasteiger partial charge in [0.15, 0.2) is 10.9 Å². The summed E-state index contributed by atoms with van der Waals surface area (Å²) in [5.74, 6) is -0.161. The molecule has 3 rings (SSSR count). The Bertz CT molecular complexity index is 856. The number of ketones is 1. The van der Waals surface area contributed by atoms with Gasteiger partial charge in [0.05, 0.1) is 17.6 Å². The van der Waals surface area contributed by atoms with Crippen LogP contribution in [0.1, 0.15) is 40.1 Å². The molecule has 1 aliphatic rings. The Labute approximate surface area is 144 Å². The molecule has 2 aromatic rings. The number of aromatic nitrogens is 2.